The second-order valence-corrected chi connectivity index (χ2v) is 6.76. The summed E-state index contributed by atoms with van der Waals surface area (Å²) in [5.41, 5.74) is 1.77. The van der Waals surface area contributed by atoms with Crippen LogP contribution < -0.4 is 4.74 Å². The second-order valence-electron chi connectivity index (χ2n) is 6.76. The normalized spacial score (nSPS) is 25.0. The summed E-state index contributed by atoms with van der Waals surface area (Å²) in [5.74, 6) is 0.776. The monoisotopic (exact) mass is 285 g/mol. The van der Waals surface area contributed by atoms with Gasteiger partial charge in [-0.3, -0.25) is 0 Å². The SMILES string of the molecule is Cc1ccc2cccc(OC3CCCC(C)(C)C3O)c2n1. The van der Waals surface area contributed by atoms with Crippen LogP contribution in [-0.2, 0) is 0 Å². The number of nitrogens with zero attached hydrogens (tertiary/aromatic N) is 1. The Morgan fingerprint density at radius 2 is 2.05 bits per heavy atom. The average Bonchev–Trinajstić information content (AvgIpc) is 2.44. The van der Waals surface area contributed by atoms with Crippen molar-refractivity contribution in [2.24, 2.45) is 5.41 Å². The van der Waals surface area contributed by atoms with Crippen molar-refractivity contribution in [2.75, 3.05) is 0 Å². The Kier molecular flexibility index (Phi) is 3.62. The van der Waals surface area contributed by atoms with Gasteiger partial charge in [0.1, 0.15) is 17.4 Å². The molecule has 1 N–H and O–H groups in total. The van der Waals surface area contributed by atoms with E-state index in [0.717, 1.165) is 41.6 Å². The van der Waals surface area contributed by atoms with Crippen molar-refractivity contribution in [2.45, 2.75) is 52.2 Å². The summed E-state index contributed by atoms with van der Waals surface area (Å²) in [4.78, 5) is 4.60. The van der Waals surface area contributed by atoms with E-state index >= 15 is 0 Å². The Labute approximate surface area is 126 Å². The van der Waals surface area contributed by atoms with Crippen LogP contribution in [0.5, 0.6) is 5.75 Å². The zero-order valence-electron chi connectivity index (χ0n) is 13.0. The van der Waals surface area contributed by atoms with Gasteiger partial charge >= 0.3 is 0 Å². The number of fused-ring (bicyclic) bond motifs is 1. The zero-order valence-corrected chi connectivity index (χ0v) is 13.0. The second kappa shape index (κ2) is 5.30. The Balaban J connectivity index is 1.93. The molecule has 0 radical (unpaired) electrons. The van der Waals surface area contributed by atoms with E-state index in [9.17, 15) is 5.11 Å². The number of rotatable bonds is 2. The Morgan fingerprint density at radius 1 is 1.24 bits per heavy atom. The van der Waals surface area contributed by atoms with Crippen molar-refractivity contribution in [3.05, 3.63) is 36.0 Å². The lowest BCUT2D eigenvalue weighted by atomic mass is 9.73. The summed E-state index contributed by atoms with van der Waals surface area (Å²) in [6.07, 6.45) is 2.44. The minimum absolute atomic E-state index is 0.0865. The van der Waals surface area contributed by atoms with Crippen molar-refractivity contribution in [3.8, 4) is 5.75 Å². The van der Waals surface area contributed by atoms with E-state index in [1.807, 2.05) is 31.2 Å². The maximum atomic E-state index is 10.5. The van der Waals surface area contributed by atoms with Gasteiger partial charge in [0.2, 0.25) is 0 Å². The summed E-state index contributed by atoms with van der Waals surface area (Å²) in [6.45, 7) is 6.20. The topological polar surface area (TPSA) is 42.4 Å². The van der Waals surface area contributed by atoms with Gasteiger partial charge in [0.25, 0.3) is 0 Å². The molecule has 3 nitrogen and oxygen atoms in total. The first kappa shape index (κ1) is 14.3. The van der Waals surface area contributed by atoms with Gasteiger partial charge in [0.05, 0.1) is 6.10 Å². The van der Waals surface area contributed by atoms with E-state index in [0.29, 0.717) is 0 Å². The number of hydrogen-bond donors (Lipinski definition) is 1. The number of pyridine rings is 1. The molecule has 3 rings (SSSR count). The predicted molar refractivity (Wildman–Crippen MR) is 84.5 cm³/mol. The van der Waals surface area contributed by atoms with E-state index in [2.05, 4.69) is 24.9 Å². The first-order chi connectivity index (χ1) is 9.97. The van der Waals surface area contributed by atoms with Crippen LogP contribution in [0.3, 0.4) is 0 Å². The van der Waals surface area contributed by atoms with E-state index in [1.54, 1.807) is 0 Å². The molecule has 3 heteroatoms. The first-order valence-electron chi connectivity index (χ1n) is 7.68. The van der Waals surface area contributed by atoms with Crippen LogP contribution in [0.15, 0.2) is 30.3 Å². The van der Waals surface area contributed by atoms with Crippen molar-refractivity contribution >= 4 is 10.9 Å². The summed E-state index contributed by atoms with van der Waals surface area (Å²) in [6, 6.07) is 10.0. The highest BCUT2D eigenvalue weighted by Crippen LogP contribution is 2.38. The van der Waals surface area contributed by atoms with E-state index in [-0.39, 0.29) is 11.5 Å². The maximum Gasteiger partial charge on any atom is 0.146 e. The van der Waals surface area contributed by atoms with Gasteiger partial charge in [-0.1, -0.05) is 32.0 Å². The number of para-hydroxylation sites is 1. The van der Waals surface area contributed by atoms with Gasteiger partial charge in [0.15, 0.2) is 0 Å². The number of aryl methyl sites for hydroxylation is 1. The fourth-order valence-corrected chi connectivity index (χ4v) is 3.17. The van der Waals surface area contributed by atoms with Crippen molar-refractivity contribution in [1.29, 1.82) is 0 Å². The van der Waals surface area contributed by atoms with Crippen LogP contribution in [0.1, 0.15) is 38.8 Å². The van der Waals surface area contributed by atoms with Crippen LogP contribution in [0.25, 0.3) is 10.9 Å². The molecule has 0 amide bonds. The third kappa shape index (κ3) is 2.75. The number of aliphatic hydroxyl groups excluding tert-OH is 1. The van der Waals surface area contributed by atoms with Gasteiger partial charge in [-0.25, -0.2) is 4.98 Å². The summed E-state index contributed by atoms with van der Waals surface area (Å²) >= 11 is 0. The van der Waals surface area contributed by atoms with Crippen LogP contribution in [0.2, 0.25) is 0 Å². The van der Waals surface area contributed by atoms with Crippen molar-refractivity contribution in [3.63, 3.8) is 0 Å². The Bertz CT molecular complexity index is 651. The number of aliphatic hydroxyl groups is 1. The highest BCUT2D eigenvalue weighted by Gasteiger charge is 2.39. The van der Waals surface area contributed by atoms with Gasteiger partial charge in [-0.05, 0) is 43.7 Å². The number of aromatic nitrogens is 1. The molecule has 21 heavy (non-hydrogen) atoms. The maximum absolute atomic E-state index is 10.5. The van der Waals surface area contributed by atoms with Gasteiger partial charge in [0, 0.05) is 11.1 Å². The number of benzene rings is 1. The highest BCUT2D eigenvalue weighted by molar-refractivity contribution is 5.84. The molecule has 1 fully saturated rings. The lowest BCUT2D eigenvalue weighted by Gasteiger charge is -2.40. The van der Waals surface area contributed by atoms with Gasteiger partial charge in [-0.2, -0.15) is 0 Å². The molecular formula is C18H23NO2. The third-order valence-corrected chi connectivity index (χ3v) is 4.56. The largest absolute Gasteiger partial charge is 0.485 e. The lowest BCUT2D eigenvalue weighted by molar-refractivity contribution is -0.0685. The van der Waals surface area contributed by atoms with E-state index in [4.69, 9.17) is 4.74 Å². The molecule has 1 aliphatic carbocycles. The quantitative estimate of drug-likeness (QED) is 0.911. The fourth-order valence-electron chi connectivity index (χ4n) is 3.17. The molecule has 1 heterocycles. The molecule has 112 valence electrons. The van der Waals surface area contributed by atoms with E-state index in [1.165, 1.54) is 0 Å². The molecule has 1 aliphatic rings. The minimum atomic E-state index is -0.439. The first-order valence-corrected chi connectivity index (χ1v) is 7.68. The summed E-state index contributed by atoms with van der Waals surface area (Å²) < 4.78 is 6.16. The summed E-state index contributed by atoms with van der Waals surface area (Å²) in [5, 5.41) is 11.6. The molecule has 0 aliphatic heterocycles. The van der Waals surface area contributed by atoms with Crippen LogP contribution in [-0.4, -0.2) is 22.3 Å². The zero-order chi connectivity index (χ0) is 15.0. The van der Waals surface area contributed by atoms with Crippen molar-refractivity contribution < 1.29 is 9.84 Å². The Hall–Kier alpha value is -1.61. The van der Waals surface area contributed by atoms with Crippen molar-refractivity contribution in [1.82, 2.24) is 4.98 Å². The molecule has 2 atom stereocenters. The molecule has 1 saturated carbocycles. The molecular weight excluding hydrogens is 262 g/mol. The minimum Gasteiger partial charge on any atom is -0.485 e. The van der Waals surface area contributed by atoms with E-state index < -0.39 is 6.10 Å². The van der Waals surface area contributed by atoms with Crippen LogP contribution in [0.4, 0.5) is 0 Å². The Morgan fingerprint density at radius 3 is 2.86 bits per heavy atom. The smallest absolute Gasteiger partial charge is 0.146 e. The molecule has 0 bridgehead atoms. The number of ether oxygens (including phenoxy) is 1. The standard InChI is InChI=1S/C18H23NO2/c1-12-9-10-13-6-4-7-14(16(13)19-12)21-15-8-5-11-18(2,3)17(15)20/h4,6-7,9-10,15,17,20H,5,8,11H2,1-3H3. The lowest BCUT2D eigenvalue weighted by Crippen LogP contribution is -2.46. The highest BCUT2D eigenvalue weighted by atomic mass is 16.5. The molecule has 2 unspecified atom stereocenters. The third-order valence-electron chi connectivity index (χ3n) is 4.56. The molecule has 1 aromatic heterocycles. The predicted octanol–water partition coefficient (Wildman–Crippen LogP) is 3.86. The molecule has 0 spiro atoms. The summed E-state index contributed by atoms with van der Waals surface area (Å²) in [7, 11) is 0. The molecule has 1 aromatic carbocycles. The van der Waals surface area contributed by atoms with Crippen LogP contribution >= 0.6 is 0 Å². The average molecular weight is 285 g/mol. The molecule has 2 aromatic rings. The van der Waals surface area contributed by atoms with Gasteiger partial charge < -0.3 is 9.84 Å². The van der Waals surface area contributed by atoms with Gasteiger partial charge in [-0.15, -0.1) is 0 Å². The van der Waals surface area contributed by atoms with Crippen LogP contribution in [0, 0.1) is 12.3 Å². The fraction of sp³-hybridized carbons (Fsp3) is 0.500. The molecule has 0 saturated heterocycles. The number of hydrogen-bond acceptors (Lipinski definition) is 3.